The fourth-order valence-electron chi connectivity index (χ4n) is 4.84. The second kappa shape index (κ2) is 10.9. The standard InChI is InChI=1S/C29H36N2O6/c1-29(2,3)21-9-6-19(7-10-21)25-24(26(32)20-8-11-22(35-4)23(18-20)36-5)27(33)28(34)31(25)13-12-30-14-16-37-17-15-30/h6-11,18,25,32H,12-17H2,1-5H3/b26-24-. The maximum absolute atomic E-state index is 13.4. The fraction of sp³-hybridized carbons (Fsp3) is 0.448. The van der Waals surface area contributed by atoms with Gasteiger partial charge in [-0.3, -0.25) is 14.5 Å². The molecule has 37 heavy (non-hydrogen) atoms. The van der Waals surface area contributed by atoms with Gasteiger partial charge in [-0.25, -0.2) is 0 Å². The van der Waals surface area contributed by atoms with Gasteiger partial charge in [-0.1, -0.05) is 45.0 Å². The zero-order valence-electron chi connectivity index (χ0n) is 22.2. The summed E-state index contributed by atoms with van der Waals surface area (Å²) in [6.45, 7) is 10.2. The average Bonchev–Trinajstić information content (AvgIpc) is 3.16. The molecule has 2 heterocycles. The molecule has 2 aliphatic heterocycles. The van der Waals surface area contributed by atoms with E-state index in [4.69, 9.17) is 14.2 Å². The van der Waals surface area contributed by atoms with Crippen molar-refractivity contribution in [3.8, 4) is 11.5 Å². The molecule has 0 aromatic heterocycles. The smallest absolute Gasteiger partial charge is 0.295 e. The number of hydrogen-bond acceptors (Lipinski definition) is 7. The van der Waals surface area contributed by atoms with Crippen molar-refractivity contribution in [2.75, 3.05) is 53.6 Å². The number of carbonyl (C=O) groups is 2. The number of carbonyl (C=O) groups excluding carboxylic acids is 2. The molecule has 0 saturated carbocycles. The number of benzene rings is 2. The number of amides is 1. The molecule has 1 amide bonds. The maximum Gasteiger partial charge on any atom is 0.295 e. The minimum atomic E-state index is -0.705. The third-order valence-corrected chi connectivity index (χ3v) is 7.05. The van der Waals surface area contributed by atoms with Crippen LogP contribution in [-0.4, -0.2) is 80.2 Å². The number of hydrogen-bond donors (Lipinski definition) is 1. The molecule has 8 heteroatoms. The van der Waals surface area contributed by atoms with E-state index in [2.05, 4.69) is 25.7 Å². The Morgan fingerprint density at radius 3 is 2.22 bits per heavy atom. The summed E-state index contributed by atoms with van der Waals surface area (Å²) in [4.78, 5) is 30.5. The molecule has 1 atom stereocenters. The van der Waals surface area contributed by atoms with Gasteiger partial charge >= 0.3 is 0 Å². The molecule has 2 aromatic rings. The number of ketones is 1. The fourth-order valence-corrected chi connectivity index (χ4v) is 4.84. The zero-order chi connectivity index (χ0) is 26.7. The zero-order valence-corrected chi connectivity index (χ0v) is 22.2. The molecular formula is C29H36N2O6. The molecule has 8 nitrogen and oxygen atoms in total. The summed E-state index contributed by atoms with van der Waals surface area (Å²) in [6.07, 6.45) is 0. The van der Waals surface area contributed by atoms with Crippen LogP contribution in [0.25, 0.3) is 5.76 Å². The Labute approximate surface area is 218 Å². The van der Waals surface area contributed by atoms with Gasteiger partial charge in [0, 0.05) is 31.7 Å². The number of aliphatic hydroxyl groups excluding tert-OH is 1. The van der Waals surface area contributed by atoms with Crippen molar-refractivity contribution >= 4 is 17.4 Å². The number of aliphatic hydroxyl groups is 1. The molecule has 0 bridgehead atoms. The van der Waals surface area contributed by atoms with Gasteiger partial charge in [-0.15, -0.1) is 0 Å². The van der Waals surface area contributed by atoms with Crippen LogP contribution < -0.4 is 9.47 Å². The van der Waals surface area contributed by atoms with Gasteiger partial charge in [0.25, 0.3) is 11.7 Å². The topological polar surface area (TPSA) is 88.5 Å². The third kappa shape index (κ3) is 5.50. The van der Waals surface area contributed by atoms with Gasteiger partial charge in [-0.2, -0.15) is 0 Å². The normalized spacial score (nSPS) is 20.4. The highest BCUT2D eigenvalue weighted by Crippen LogP contribution is 2.41. The van der Waals surface area contributed by atoms with Crippen LogP contribution in [0.4, 0.5) is 0 Å². The van der Waals surface area contributed by atoms with Crippen molar-refractivity contribution in [2.45, 2.75) is 32.2 Å². The lowest BCUT2D eigenvalue weighted by Gasteiger charge is -2.31. The highest BCUT2D eigenvalue weighted by Gasteiger charge is 2.46. The van der Waals surface area contributed by atoms with Crippen molar-refractivity contribution < 1.29 is 28.9 Å². The molecule has 2 fully saturated rings. The quantitative estimate of drug-likeness (QED) is 0.346. The number of nitrogens with zero attached hydrogens (tertiary/aromatic N) is 2. The minimum Gasteiger partial charge on any atom is -0.507 e. The minimum absolute atomic E-state index is 0.0453. The van der Waals surface area contributed by atoms with Crippen LogP contribution >= 0.6 is 0 Å². The molecular weight excluding hydrogens is 472 g/mol. The molecule has 0 radical (unpaired) electrons. The Morgan fingerprint density at radius 2 is 1.62 bits per heavy atom. The van der Waals surface area contributed by atoms with Crippen LogP contribution in [-0.2, 0) is 19.7 Å². The Balaban J connectivity index is 1.77. The van der Waals surface area contributed by atoms with Gasteiger partial charge in [0.1, 0.15) is 5.76 Å². The second-order valence-corrected chi connectivity index (χ2v) is 10.4. The van der Waals surface area contributed by atoms with Crippen molar-refractivity contribution in [3.05, 3.63) is 64.7 Å². The lowest BCUT2D eigenvalue weighted by Crippen LogP contribution is -2.42. The van der Waals surface area contributed by atoms with E-state index in [0.29, 0.717) is 43.4 Å². The van der Waals surface area contributed by atoms with Crippen molar-refractivity contribution in [2.24, 2.45) is 0 Å². The summed E-state index contributed by atoms with van der Waals surface area (Å²) in [5.74, 6) is -0.629. The second-order valence-electron chi connectivity index (χ2n) is 10.4. The van der Waals surface area contributed by atoms with Crippen molar-refractivity contribution in [1.82, 2.24) is 9.80 Å². The molecule has 0 spiro atoms. The first kappa shape index (κ1) is 26.7. The van der Waals surface area contributed by atoms with E-state index < -0.39 is 17.7 Å². The van der Waals surface area contributed by atoms with Crippen LogP contribution in [0.2, 0.25) is 0 Å². The van der Waals surface area contributed by atoms with Gasteiger partial charge in [0.05, 0.1) is 39.0 Å². The number of ether oxygens (including phenoxy) is 3. The molecule has 2 aromatic carbocycles. The summed E-state index contributed by atoms with van der Waals surface area (Å²) in [5, 5.41) is 11.4. The van der Waals surface area contributed by atoms with Crippen molar-refractivity contribution in [3.63, 3.8) is 0 Å². The molecule has 1 unspecified atom stereocenters. The highest BCUT2D eigenvalue weighted by molar-refractivity contribution is 6.46. The number of Topliss-reactive ketones (excluding diaryl/α,β-unsaturated/α-hetero) is 1. The monoisotopic (exact) mass is 508 g/mol. The lowest BCUT2D eigenvalue weighted by atomic mass is 9.85. The van der Waals surface area contributed by atoms with E-state index in [9.17, 15) is 14.7 Å². The predicted molar refractivity (Wildman–Crippen MR) is 141 cm³/mol. The number of methoxy groups -OCH3 is 2. The largest absolute Gasteiger partial charge is 0.507 e. The highest BCUT2D eigenvalue weighted by atomic mass is 16.5. The first-order valence-electron chi connectivity index (χ1n) is 12.6. The SMILES string of the molecule is COc1ccc(/C(O)=C2/C(=O)C(=O)N(CCN3CCOCC3)C2c2ccc(C(C)(C)C)cc2)cc1OC. The van der Waals surface area contributed by atoms with E-state index in [1.165, 1.54) is 14.2 Å². The van der Waals surface area contributed by atoms with Crippen LogP contribution in [0.15, 0.2) is 48.0 Å². The van der Waals surface area contributed by atoms with Crippen LogP contribution in [0.5, 0.6) is 11.5 Å². The Bertz CT molecular complexity index is 1180. The Hall–Kier alpha value is -3.36. The van der Waals surface area contributed by atoms with E-state index in [1.54, 1.807) is 23.1 Å². The van der Waals surface area contributed by atoms with E-state index >= 15 is 0 Å². The first-order valence-corrected chi connectivity index (χ1v) is 12.6. The van der Waals surface area contributed by atoms with E-state index in [-0.39, 0.29) is 16.7 Å². The van der Waals surface area contributed by atoms with Gasteiger partial charge in [0.15, 0.2) is 11.5 Å². The predicted octanol–water partition coefficient (Wildman–Crippen LogP) is 3.76. The summed E-state index contributed by atoms with van der Waals surface area (Å²) in [6, 6.07) is 12.1. The average molecular weight is 509 g/mol. The molecule has 1 N–H and O–H groups in total. The summed E-state index contributed by atoms with van der Waals surface area (Å²) in [7, 11) is 3.03. The van der Waals surface area contributed by atoms with Crippen LogP contribution in [0.1, 0.15) is 43.5 Å². The molecule has 0 aliphatic carbocycles. The van der Waals surface area contributed by atoms with E-state index in [1.807, 2.05) is 24.3 Å². The number of rotatable bonds is 7. The third-order valence-electron chi connectivity index (χ3n) is 7.05. The van der Waals surface area contributed by atoms with E-state index in [0.717, 1.165) is 24.2 Å². The summed E-state index contributed by atoms with van der Waals surface area (Å²) in [5.41, 5.74) is 2.32. The lowest BCUT2D eigenvalue weighted by molar-refractivity contribution is -0.140. The van der Waals surface area contributed by atoms with Gasteiger partial charge < -0.3 is 24.2 Å². The summed E-state index contributed by atoms with van der Waals surface area (Å²) < 4.78 is 16.1. The van der Waals surface area contributed by atoms with Gasteiger partial charge in [0.2, 0.25) is 0 Å². The first-order chi connectivity index (χ1) is 17.7. The Morgan fingerprint density at radius 1 is 0.973 bits per heavy atom. The number of morpholine rings is 1. The molecule has 4 rings (SSSR count). The maximum atomic E-state index is 13.4. The Kier molecular flexibility index (Phi) is 7.90. The summed E-state index contributed by atoms with van der Waals surface area (Å²) >= 11 is 0. The molecule has 2 saturated heterocycles. The van der Waals surface area contributed by atoms with Crippen LogP contribution in [0, 0.1) is 0 Å². The molecule has 2 aliphatic rings. The molecule has 198 valence electrons. The van der Waals surface area contributed by atoms with Crippen molar-refractivity contribution in [1.29, 1.82) is 0 Å². The van der Waals surface area contributed by atoms with Gasteiger partial charge in [-0.05, 0) is 34.7 Å². The van der Waals surface area contributed by atoms with Crippen LogP contribution in [0.3, 0.4) is 0 Å². The number of likely N-dealkylation sites (tertiary alicyclic amines) is 1.